The third-order valence-electron chi connectivity index (χ3n) is 2.75. The van der Waals surface area contributed by atoms with E-state index in [-0.39, 0.29) is 5.82 Å². The largest absolute Gasteiger partial charge is 0.348 e. The smallest absolute Gasteiger partial charge is 0.162 e. The van der Waals surface area contributed by atoms with Crippen molar-refractivity contribution in [2.45, 2.75) is 25.2 Å². The average molecular weight is 225 g/mol. The van der Waals surface area contributed by atoms with Gasteiger partial charge < -0.3 is 15.2 Å². The highest BCUT2D eigenvalue weighted by molar-refractivity contribution is 5.25. The maximum Gasteiger partial charge on any atom is 0.162 e. The molecular formula is C12H16FNO2. The SMILES string of the molecule is CC1(C)OCC(N)(c2cccc(F)c2)CO1. The van der Waals surface area contributed by atoms with Gasteiger partial charge in [0.15, 0.2) is 5.79 Å². The van der Waals surface area contributed by atoms with Gasteiger partial charge in [-0.05, 0) is 31.5 Å². The van der Waals surface area contributed by atoms with Gasteiger partial charge in [0.2, 0.25) is 0 Å². The van der Waals surface area contributed by atoms with Gasteiger partial charge in [0, 0.05) is 0 Å². The van der Waals surface area contributed by atoms with E-state index in [1.165, 1.54) is 12.1 Å². The number of hydrogen-bond acceptors (Lipinski definition) is 3. The lowest BCUT2D eigenvalue weighted by Gasteiger charge is -2.41. The molecule has 0 spiro atoms. The molecule has 1 fully saturated rings. The lowest BCUT2D eigenvalue weighted by molar-refractivity contribution is -0.268. The molecule has 3 nitrogen and oxygen atoms in total. The number of nitrogens with two attached hydrogens (primary N) is 1. The van der Waals surface area contributed by atoms with Crippen LogP contribution in [0.1, 0.15) is 19.4 Å². The van der Waals surface area contributed by atoms with Crippen molar-refractivity contribution in [3.8, 4) is 0 Å². The van der Waals surface area contributed by atoms with Crippen molar-refractivity contribution < 1.29 is 13.9 Å². The summed E-state index contributed by atoms with van der Waals surface area (Å²) < 4.78 is 24.1. The molecule has 1 aliphatic rings. The first-order chi connectivity index (χ1) is 7.41. The van der Waals surface area contributed by atoms with Crippen LogP contribution in [-0.4, -0.2) is 19.0 Å². The van der Waals surface area contributed by atoms with Crippen LogP contribution in [0.15, 0.2) is 24.3 Å². The van der Waals surface area contributed by atoms with Gasteiger partial charge in [-0.15, -0.1) is 0 Å². The quantitative estimate of drug-likeness (QED) is 0.792. The van der Waals surface area contributed by atoms with Crippen LogP contribution in [0.3, 0.4) is 0 Å². The summed E-state index contributed by atoms with van der Waals surface area (Å²) in [4.78, 5) is 0. The standard InChI is InChI=1S/C12H16FNO2/c1-11(2)15-7-12(14,8-16-11)9-4-3-5-10(13)6-9/h3-6H,7-8,14H2,1-2H3. The van der Waals surface area contributed by atoms with E-state index in [4.69, 9.17) is 15.2 Å². The number of ether oxygens (including phenoxy) is 2. The van der Waals surface area contributed by atoms with Crippen LogP contribution in [0, 0.1) is 5.82 Å². The van der Waals surface area contributed by atoms with Crippen LogP contribution in [0.4, 0.5) is 4.39 Å². The molecule has 1 heterocycles. The Kier molecular flexibility index (Phi) is 2.74. The molecule has 16 heavy (non-hydrogen) atoms. The second-order valence-corrected chi connectivity index (χ2v) is 4.64. The van der Waals surface area contributed by atoms with Gasteiger partial charge in [-0.25, -0.2) is 4.39 Å². The minimum Gasteiger partial charge on any atom is -0.348 e. The highest BCUT2D eigenvalue weighted by Crippen LogP contribution is 2.29. The number of hydrogen-bond donors (Lipinski definition) is 1. The zero-order chi connectivity index (χ0) is 11.8. The molecule has 1 aromatic carbocycles. The predicted molar refractivity (Wildman–Crippen MR) is 58.2 cm³/mol. The molecule has 1 aromatic rings. The summed E-state index contributed by atoms with van der Waals surface area (Å²) in [6, 6.07) is 6.24. The van der Waals surface area contributed by atoms with Gasteiger partial charge in [0.25, 0.3) is 0 Å². The van der Waals surface area contributed by atoms with Crippen molar-refractivity contribution in [3.63, 3.8) is 0 Å². The first-order valence-corrected chi connectivity index (χ1v) is 5.24. The molecule has 0 saturated carbocycles. The molecule has 0 aliphatic carbocycles. The summed E-state index contributed by atoms with van der Waals surface area (Å²) in [5, 5.41) is 0. The Morgan fingerprint density at radius 2 is 1.88 bits per heavy atom. The molecule has 0 atom stereocenters. The van der Waals surface area contributed by atoms with Crippen molar-refractivity contribution in [3.05, 3.63) is 35.6 Å². The summed E-state index contributed by atoms with van der Waals surface area (Å²) in [7, 11) is 0. The average Bonchev–Trinajstić information content (AvgIpc) is 2.23. The topological polar surface area (TPSA) is 44.5 Å². The van der Waals surface area contributed by atoms with E-state index in [0.717, 1.165) is 0 Å². The van der Waals surface area contributed by atoms with E-state index in [9.17, 15) is 4.39 Å². The summed E-state index contributed by atoms with van der Waals surface area (Å²) in [5.41, 5.74) is 6.08. The van der Waals surface area contributed by atoms with Crippen LogP contribution in [0.25, 0.3) is 0 Å². The zero-order valence-electron chi connectivity index (χ0n) is 9.50. The summed E-state index contributed by atoms with van der Waals surface area (Å²) >= 11 is 0. The molecule has 0 radical (unpaired) electrons. The lowest BCUT2D eigenvalue weighted by Crippen LogP contribution is -2.54. The van der Waals surface area contributed by atoms with Crippen molar-refractivity contribution in [2.24, 2.45) is 5.73 Å². The van der Waals surface area contributed by atoms with Gasteiger partial charge in [0.1, 0.15) is 5.82 Å². The molecular weight excluding hydrogens is 209 g/mol. The zero-order valence-corrected chi connectivity index (χ0v) is 9.50. The second kappa shape index (κ2) is 3.80. The van der Waals surface area contributed by atoms with Crippen LogP contribution < -0.4 is 5.73 Å². The Balaban J connectivity index is 2.21. The number of benzene rings is 1. The maximum absolute atomic E-state index is 13.1. The minimum absolute atomic E-state index is 0.299. The van der Waals surface area contributed by atoms with Crippen LogP contribution >= 0.6 is 0 Å². The molecule has 2 rings (SSSR count). The van der Waals surface area contributed by atoms with Gasteiger partial charge in [-0.3, -0.25) is 0 Å². The molecule has 2 N–H and O–H groups in total. The molecule has 1 aliphatic heterocycles. The normalized spacial score (nSPS) is 23.0. The third kappa shape index (κ3) is 2.24. The van der Waals surface area contributed by atoms with Gasteiger partial charge in [-0.1, -0.05) is 12.1 Å². The summed E-state index contributed by atoms with van der Waals surface area (Å²) in [5.74, 6) is -0.914. The minimum atomic E-state index is -0.766. The highest BCUT2D eigenvalue weighted by atomic mass is 19.1. The van der Waals surface area contributed by atoms with Crippen molar-refractivity contribution in [2.75, 3.05) is 13.2 Å². The van der Waals surface area contributed by atoms with Crippen molar-refractivity contribution in [1.29, 1.82) is 0 Å². The Bertz CT molecular complexity index is 382. The fourth-order valence-corrected chi connectivity index (χ4v) is 1.65. The number of rotatable bonds is 1. The van der Waals surface area contributed by atoms with E-state index >= 15 is 0 Å². The van der Waals surface area contributed by atoms with Crippen LogP contribution in [0.5, 0.6) is 0 Å². The molecule has 0 aromatic heterocycles. The van der Waals surface area contributed by atoms with Gasteiger partial charge >= 0.3 is 0 Å². The Morgan fingerprint density at radius 1 is 1.25 bits per heavy atom. The van der Waals surface area contributed by atoms with E-state index in [2.05, 4.69) is 0 Å². The third-order valence-corrected chi connectivity index (χ3v) is 2.75. The second-order valence-electron chi connectivity index (χ2n) is 4.64. The van der Waals surface area contributed by atoms with Crippen molar-refractivity contribution in [1.82, 2.24) is 0 Å². The molecule has 1 saturated heterocycles. The van der Waals surface area contributed by atoms with E-state index in [1.807, 2.05) is 13.8 Å². The summed E-state index contributed by atoms with van der Waals surface area (Å²) in [6.07, 6.45) is 0. The molecule has 88 valence electrons. The monoisotopic (exact) mass is 225 g/mol. The molecule has 0 bridgehead atoms. The Morgan fingerprint density at radius 3 is 2.44 bits per heavy atom. The fraction of sp³-hybridized carbons (Fsp3) is 0.500. The van der Waals surface area contributed by atoms with Gasteiger partial charge in [-0.2, -0.15) is 0 Å². The van der Waals surface area contributed by atoms with Crippen LogP contribution in [-0.2, 0) is 15.0 Å². The van der Waals surface area contributed by atoms with E-state index in [0.29, 0.717) is 18.8 Å². The highest BCUT2D eigenvalue weighted by Gasteiger charge is 2.38. The van der Waals surface area contributed by atoms with Crippen LogP contribution in [0.2, 0.25) is 0 Å². The fourth-order valence-electron chi connectivity index (χ4n) is 1.65. The Hall–Kier alpha value is -0.970. The maximum atomic E-state index is 13.1. The predicted octanol–water partition coefficient (Wildman–Crippen LogP) is 1.76. The van der Waals surface area contributed by atoms with Gasteiger partial charge in [0.05, 0.1) is 18.8 Å². The Labute approximate surface area is 94.3 Å². The van der Waals surface area contributed by atoms with E-state index < -0.39 is 11.3 Å². The molecule has 0 unspecified atom stereocenters. The van der Waals surface area contributed by atoms with Crippen molar-refractivity contribution >= 4 is 0 Å². The molecule has 0 amide bonds. The first kappa shape index (κ1) is 11.5. The number of halogens is 1. The van der Waals surface area contributed by atoms with E-state index in [1.54, 1.807) is 12.1 Å². The lowest BCUT2D eigenvalue weighted by atomic mass is 9.91. The molecule has 4 heteroatoms. The first-order valence-electron chi connectivity index (χ1n) is 5.24. The summed E-state index contributed by atoms with van der Waals surface area (Å²) in [6.45, 7) is 4.31.